The highest BCUT2D eigenvalue weighted by Crippen LogP contribution is 2.23. The second kappa shape index (κ2) is 83.0. The van der Waals surface area contributed by atoms with Gasteiger partial charge in [0.25, 0.3) is 0 Å². The van der Waals surface area contributed by atoms with Crippen LogP contribution in [-0.2, 0) is 51.2 Å². The van der Waals surface area contributed by atoms with Gasteiger partial charge in [0.2, 0.25) is 0 Å². The van der Waals surface area contributed by atoms with Crippen molar-refractivity contribution in [2.75, 3.05) is 52.5 Å². The van der Waals surface area contributed by atoms with Gasteiger partial charge < -0.3 is 28.7 Å². The van der Waals surface area contributed by atoms with Gasteiger partial charge in [-0.15, -0.1) is 10.2 Å². The number of aromatic nitrogens is 6. The largest absolute Gasteiger partial charge is 0.466 e. The van der Waals surface area contributed by atoms with Gasteiger partial charge >= 0.3 is 23.9 Å². The number of carbonyl (C=O) groups excluding carboxylic acids is 4. The van der Waals surface area contributed by atoms with E-state index in [1.54, 1.807) is 6.20 Å². The van der Waals surface area contributed by atoms with E-state index in [9.17, 15) is 19.2 Å². The first-order valence-electron chi connectivity index (χ1n) is 49.7. The molecule has 2 rings (SSSR count). The zero-order valence-electron chi connectivity index (χ0n) is 76.9. The maximum Gasteiger partial charge on any atom is 0.306 e. The molecule has 2 heterocycles. The average Bonchev–Trinajstić information content (AvgIpc) is 1.72. The first-order chi connectivity index (χ1) is 55.8. The molecule has 0 fully saturated rings. The van der Waals surface area contributed by atoms with E-state index in [1.165, 1.54) is 314 Å². The number of nitrogens with zero attached hydrogens (tertiary/aromatic N) is 8. The van der Waals surface area contributed by atoms with Crippen molar-refractivity contribution in [2.45, 2.75) is 523 Å². The van der Waals surface area contributed by atoms with Gasteiger partial charge in [-0.05, 0) is 168 Å². The third-order valence-corrected chi connectivity index (χ3v) is 24.8. The summed E-state index contributed by atoms with van der Waals surface area (Å²) in [5.41, 5.74) is 0. The number of unbranched alkanes of at least 4 members (excludes halogenated alkanes) is 48. The Kier molecular flexibility index (Phi) is 78.8. The molecule has 0 aliphatic rings. The number of hydrogen-bond acceptors (Lipinski definition) is 14. The van der Waals surface area contributed by atoms with Crippen molar-refractivity contribution in [2.24, 2.45) is 0 Å². The minimum atomic E-state index is -1.45. The number of carbonyl (C=O) groups is 4. The molecule has 0 radical (unpaired) electrons. The summed E-state index contributed by atoms with van der Waals surface area (Å²) in [6, 6.07) is 0. The predicted molar refractivity (Wildman–Crippen MR) is 486 cm³/mol. The number of ether oxygens (including phenoxy) is 4. The molecule has 0 aliphatic heterocycles. The van der Waals surface area contributed by atoms with Crippen LogP contribution < -0.4 is 5.32 Å². The molecule has 0 unspecified atom stereocenters. The van der Waals surface area contributed by atoms with Crippen LogP contribution >= 0.6 is 0 Å². The van der Waals surface area contributed by atoms with Crippen LogP contribution in [0, 0.1) is 0 Å². The van der Waals surface area contributed by atoms with Crippen molar-refractivity contribution in [1.29, 1.82) is 0 Å². The Morgan fingerprint density at radius 2 is 0.579 bits per heavy atom. The fourth-order valence-electron chi connectivity index (χ4n) is 15.5. The van der Waals surface area contributed by atoms with Crippen LogP contribution in [0.3, 0.4) is 0 Å². The smallest absolute Gasteiger partial charge is 0.306 e. The van der Waals surface area contributed by atoms with E-state index >= 15 is 0 Å². The van der Waals surface area contributed by atoms with Gasteiger partial charge in [-0.25, -0.2) is 0 Å². The SMILES string of the molecule is CCCCCCCCCOC(=O)CCCCCCCN(CCCCCCCC(=O)OC(CCCCCCCC)CCCCCCCC)CCCn1cc([Si](C)(C)C)nn1.CCCCCCCCCOC(=O)CCCCCCCN(CCCCCCCC(=O)OC(CCCCCCCC)CCCCCCCC)CCCn1ccnn1. The topological polar surface area (TPSA) is 173 Å². The van der Waals surface area contributed by atoms with E-state index in [-0.39, 0.29) is 36.1 Å². The summed E-state index contributed by atoms with van der Waals surface area (Å²) in [5, 5.41) is 18.2. The van der Waals surface area contributed by atoms with E-state index in [2.05, 4.69) is 97.8 Å². The Labute approximate surface area is 705 Å². The Hall–Kier alpha value is -3.70. The molecule has 0 saturated heterocycles. The maximum absolute atomic E-state index is 12.9. The maximum atomic E-state index is 12.9. The number of hydrogen-bond donors (Lipinski definition) is 0. The first-order valence-corrected chi connectivity index (χ1v) is 53.2. The Bertz CT molecular complexity index is 2320. The van der Waals surface area contributed by atoms with Crippen molar-refractivity contribution in [3.8, 4) is 0 Å². The van der Waals surface area contributed by atoms with E-state index in [4.69, 9.17) is 18.9 Å². The lowest BCUT2D eigenvalue weighted by molar-refractivity contribution is -0.151. The lowest BCUT2D eigenvalue weighted by atomic mass is 10.0. The molecule has 0 spiro atoms. The Balaban J connectivity index is 0.00000114. The summed E-state index contributed by atoms with van der Waals surface area (Å²) in [4.78, 5) is 55.2. The lowest BCUT2D eigenvalue weighted by Crippen LogP contribution is -2.38. The van der Waals surface area contributed by atoms with Gasteiger partial charge in [0, 0.05) is 51.2 Å². The van der Waals surface area contributed by atoms with Crippen molar-refractivity contribution in [3.05, 3.63) is 18.6 Å². The number of rotatable bonds is 87. The van der Waals surface area contributed by atoms with Gasteiger partial charge in [-0.3, -0.25) is 28.5 Å². The van der Waals surface area contributed by atoms with Gasteiger partial charge in [0.05, 0.1) is 24.7 Å². The molecule has 2 aromatic heterocycles. The molecule has 17 heteroatoms. The third kappa shape index (κ3) is 73.4. The molecule has 0 N–H and O–H groups in total. The molecule has 2 aromatic rings. The highest BCUT2D eigenvalue weighted by atomic mass is 28.3. The van der Waals surface area contributed by atoms with E-state index < -0.39 is 8.07 Å². The second-order valence-corrected chi connectivity index (χ2v) is 40.4. The summed E-state index contributed by atoms with van der Waals surface area (Å²) in [7, 11) is -1.45. The third-order valence-electron chi connectivity index (χ3n) is 23.1. The highest BCUT2D eigenvalue weighted by molar-refractivity contribution is 6.88. The van der Waals surface area contributed by atoms with Gasteiger partial charge in [0.1, 0.15) is 20.3 Å². The van der Waals surface area contributed by atoms with Crippen LogP contribution in [-0.4, -0.2) is 136 Å². The minimum absolute atomic E-state index is 0.0160. The zero-order valence-corrected chi connectivity index (χ0v) is 77.9. The van der Waals surface area contributed by atoms with Gasteiger partial charge in [-0.1, -0.05) is 354 Å². The average molecular weight is 1620 g/mol. The molecule has 668 valence electrons. The van der Waals surface area contributed by atoms with Crippen LogP contribution in [0.2, 0.25) is 19.6 Å². The van der Waals surface area contributed by atoms with Gasteiger partial charge in [-0.2, -0.15) is 0 Å². The van der Waals surface area contributed by atoms with Crippen LogP contribution in [0.15, 0.2) is 18.6 Å². The molecule has 0 aromatic carbocycles. The molecule has 114 heavy (non-hydrogen) atoms. The van der Waals surface area contributed by atoms with Crippen LogP contribution in [0.5, 0.6) is 0 Å². The minimum Gasteiger partial charge on any atom is -0.466 e. The fraction of sp³-hybridized carbons (Fsp3) is 0.918. The molecule has 0 atom stereocenters. The molecular weight excluding hydrogens is 1430 g/mol. The Morgan fingerprint density at radius 1 is 0.316 bits per heavy atom. The Morgan fingerprint density at radius 3 is 0.868 bits per heavy atom. The predicted octanol–water partition coefficient (Wildman–Crippen LogP) is 27.3. The normalized spacial score (nSPS) is 11.8. The summed E-state index contributed by atoms with van der Waals surface area (Å²) in [6.45, 7) is 30.2. The molecule has 0 bridgehead atoms. The van der Waals surface area contributed by atoms with Gasteiger partial charge in [0.15, 0.2) is 0 Å². The quantitative estimate of drug-likeness (QED) is 0.0265. The molecule has 0 amide bonds. The van der Waals surface area contributed by atoms with Crippen LogP contribution in [0.4, 0.5) is 0 Å². The second-order valence-electron chi connectivity index (χ2n) is 35.4. The number of esters is 4. The lowest BCUT2D eigenvalue weighted by Gasteiger charge is -2.22. The van der Waals surface area contributed by atoms with Crippen molar-refractivity contribution in [1.82, 2.24) is 39.8 Å². The van der Waals surface area contributed by atoms with Crippen molar-refractivity contribution < 1.29 is 38.1 Å². The van der Waals surface area contributed by atoms with Crippen molar-refractivity contribution >= 4 is 37.3 Å². The molecular formula is C97H188N8O8Si. The summed E-state index contributed by atoms with van der Waals surface area (Å²) < 4.78 is 27.1. The molecule has 0 aliphatic carbocycles. The van der Waals surface area contributed by atoms with E-state index in [0.717, 1.165) is 155 Å². The zero-order chi connectivity index (χ0) is 82.8. The first kappa shape index (κ1) is 108. The van der Waals surface area contributed by atoms with Crippen LogP contribution in [0.25, 0.3) is 0 Å². The van der Waals surface area contributed by atoms with Crippen LogP contribution in [0.1, 0.15) is 478 Å². The molecule has 16 nitrogen and oxygen atoms in total. The highest BCUT2D eigenvalue weighted by Gasteiger charge is 2.21. The fourth-order valence-corrected chi connectivity index (χ4v) is 16.4. The summed E-state index contributed by atoms with van der Waals surface area (Å²) in [5.74, 6) is 0.0221. The summed E-state index contributed by atoms with van der Waals surface area (Å²) in [6.07, 6.45) is 85.5. The van der Waals surface area contributed by atoms with E-state index in [0.29, 0.717) is 38.9 Å². The van der Waals surface area contributed by atoms with Crippen molar-refractivity contribution in [3.63, 3.8) is 0 Å². The molecule has 0 saturated carbocycles. The standard InChI is InChI=1S/C50H98N4O4Si.C47H90N4O4/c1-7-10-13-16-19-28-35-45-57-49(55)39-31-24-20-26-33-41-53(43-36-44-54-46-48(51-52-54)59(4,5)6)42-34-27-21-25-32-40-50(56)58-47(37-29-22-17-14-11-8-2)38-30-23-18-15-12-9-3;1-4-7-10-13-16-25-32-44-54-46(52)36-28-21-17-23-30-39-50(41-33-42-51-43-38-48-49-51)40-31-24-18-22-29-37-47(53)55-45(34-26-19-14-11-8-5-2)35-27-20-15-12-9-6-3/h46-47H,7-45H2,1-6H3;38,43,45H,4-37,39-42,44H2,1-3H3. The number of aryl methyl sites for hydroxylation is 2. The van der Waals surface area contributed by atoms with E-state index in [1.807, 2.05) is 15.6 Å². The summed E-state index contributed by atoms with van der Waals surface area (Å²) >= 11 is 0. The monoisotopic (exact) mass is 1620 g/mol.